The SMILES string of the molecule is O=C(O)CC1(CSc2c(Cl)cccc2[N+](=O)[O-])CC1. The van der Waals surface area contributed by atoms with Crippen molar-refractivity contribution in [3.05, 3.63) is 33.3 Å². The summed E-state index contributed by atoms with van der Waals surface area (Å²) >= 11 is 7.26. The molecule has 0 atom stereocenters. The molecule has 1 aromatic rings. The van der Waals surface area contributed by atoms with Gasteiger partial charge in [-0.25, -0.2) is 0 Å². The molecule has 0 heterocycles. The Balaban J connectivity index is 2.12. The third kappa shape index (κ3) is 3.39. The molecule has 1 N–H and O–H groups in total. The van der Waals surface area contributed by atoms with Crippen LogP contribution in [0.15, 0.2) is 23.1 Å². The molecule has 19 heavy (non-hydrogen) atoms. The van der Waals surface area contributed by atoms with Crippen molar-refractivity contribution in [3.8, 4) is 0 Å². The molecule has 1 aromatic carbocycles. The lowest BCUT2D eigenvalue weighted by Gasteiger charge is -2.12. The smallest absolute Gasteiger partial charge is 0.303 e. The number of rotatable bonds is 6. The van der Waals surface area contributed by atoms with Gasteiger partial charge in [-0.1, -0.05) is 17.7 Å². The van der Waals surface area contributed by atoms with Gasteiger partial charge in [0.2, 0.25) is 0 Å². The fourth-order valence-corrected chi connectivity index (χ4v) is 3.55. The highest BCUT2D eigenvalue weighted by Gasteiger charge is 2.44. The Hall–Kier alpha value is -1.27. The first-order chi connectivity index (χ1) is 8.93. The molecular formula is C12H12ClNO4S. The molecule has 0 bridgehead atoms. The van der Waals surface area contributed by atoms with E-state index in [4.69, 9.17) is 16.7 Å². The zero-order valence-electron chi connectivity index (χ0n) is 9.97. The largest absolute Gasteiger partial charge is 0.481 e. The van der Waals surface area contributed by atoms with E-state index in [0.29, 0.717) is 15.7 Å². The summed E-state index contributed by atoms with van der Waals surface area (Å²) in [5.41, 5.74) is -0.243. The van der Waals surface area contributed by atoms with E-state index in [1.807, 2.05) is 0 Å². The van der Waals surface area contributed by atoms with Crippen LogP contribution < -0.4 is 0 Å². The number of nitro groups is 1. The average molecular weight is 302 g/mol. The molecule has 2 rings (SSSR count). The summed E-state index contributed by atoms with van der Waals surface area (Å²) in [7, 11) is 0. The minimum Gasteiger partial charge on any atom is -0.481 e. The summed E-state index contributed by atoms with van der Waals surface area (Å²) in [5.74, 6) is -0.282. The number of benzene rings is 1. The summed E-state index contributed by atoms with van der Waals surface area (Å²) in [4.78, 5) is 21.7. The first-order valence-electron chi connectivity index (χ1n) is 5.71. The first kappa shape index (κ1) is 14.1. The van der Waals surface area contributed by atoms with E-state index in [1.54, 1.807) is 6.07 Å². The summed E-state index contributed by atoms with van der Waals surface area (Å²) in [6.45, 7) is 0. The van der Waals surface area contributed by atoms with Crippen molar-refractivity contribution >= 4 is 35.0 Å². The lowest BCUT2D eigenvalue weighted by atomic mass is 10.1. The number of carbonyl (C=O) groups is 1. The van der Waals surface area contributed by atoms with E-state index < -0.39 is 10.9 Å². The lowest BCUT2D eigenvalue weighted by molar-refractivity contribution is -0.387. The van der Waals surface area contributed by atoms with Crippen LogP contribution in [0.3, 0.4) is 0 Å². The molecule has 7 heteroatoms. The van der Waals surface area contributed by atoms with E-state index in [1.165, 1.54) is 23.9 Å². The number of nitro benzene ring substituents is 1. The molecule has 0 amide bonds. The van der Waals surface area contributed by atoms with Crippen molar-refractivity contribution in [2.45, 2.75) is 24.2 Å². The molecule has 1 fully saturated rings. The van der Waals surface area contributed by atoms with Gasteiger partial charge in [-0.3, -0.25) is 14.9 Å². The molecule has 1 aliphatic carbocycles. The Kier molecular flexibility index (Phi) is 4.01. The molecule has 0 unspecified atom stereocenters. The molecule has 0 aliphatic heterocycles. The highest BCUT2D eigenvalue weighted by atomic mass is 35.5. The fraction of sp³-hybridized carbons (Fsp3) is 0.417. The molecule has 0 saturated heterocycles. The van der Waals surface area contributed by atoms with Gasteiger partial charge >= 0.3 is 5.97 Å². The van der Waals surface area contributed by atoms with E-state index in [-0.39, 0.29) is 17.5 Å². The van der Waals surface area contributed by atoms with E-state index in [0.717, 1.165) is 12.8 Å². The van der Waals surface area contributed by atoms with Crippen LogP contribution >= 0.6 is 23.4 Å². The topological polar surface area (TPSA) is 80.4 Å². The first-order valence-corrected chi connectivity index (χ1v) is 7.07. The second kappa shape index (κ2) is 5.38. The maximum atomic E-state index is 10.9. The van der Waals surface area contributed by atoms with Crippen molar-refractivity contribution in [3.63, 3.8) is 0 Å². The van der Waals surface area contributed by atoms with Gasteiger partial charge in [0.05, 0.1) is 16.4 Å². The standard InChI is InChI=1S/C12H12ClNO4S/c13-8-2-1-3-9(14(17)18)11(8)19-7-12(4-5-12)6-10(15)16/h1-3H,4-7H2,(H,15,16). The zero-order valence-corrected chi connectivity index (χ0v) is 11.5. The van der Waals surface area contributed by atoms with Gasteiger partial charge in [0.1, 0.15) is 4.90 Å². The minimum absolute atomic E-state index is 0.0244. The Morgan fingerprint density at radius 2 is 2.21 bits per heavy atom. The molecule has 102 valence electrons. The van der Waals surface area contributed by atoms with Gasteiger partial charge in [0.15, 0.2) is 0 Å². The minimum atomic E-state index is -0.827. The quantitative estimate of drug-likeness (QED) is 0.493. The summed E-state index contributed by atoms with van der Waals surface area (Å²) in [5, 5.41) is 20.1. The summed E-state index contributed by atoms with van der Waals surface area (Å²) in [6, 6.07) is 4.55. The van der Waals surface area contributed by atoms with Gasteiger partial charge in [0.25, 0.3) is 5.69 Å². The molecule has 1 aliphatic rings. The van der Waals surface area contributed by atoms with Crippen LogP contribution in [0.5, 0.6) is 0 Å². The van der Waals surface area contributed by atoms with Gasteiger partial charge in [-0.05, 0) is 24.3 Å². The monoisotopic (exact) mass is 301 g/mol. The normalized spacial score (nSPS) is 16.1. The third-order valence-electron chi connectivity index (χ3n) is 3.15. The molecule has 5 nitrogen and oxygen atoms in total. The van der Waals surface area contributed by atoms with Crippen LogP contribution in [0, 0.1) is 15.5 Å². The number of carboxylic acids is 1. The third-order valence-corrected chi connectivity index (χ3v) is 5.05. The number of aliphatic carboxylic acids is 1. The van der Waals surface area contributed by atoms with Gasteiger partial charge in [0, 0.05) is 11.8 Å². The van der Waals surface area contributed by atoms with Crippen molar-refractivity contribution in [2.24, 2.45) is 5.41 Å². The van der Waals surface area contributed by atoms with Crippen LogP contribution in [0.25, 0.3) is 0 Å². The molecule has 0 radical (unpaired) electrons. The van der Waals surface area contributed by atoms with Crippen molar-refractivity contribution in [1.29, 1.82) is 0 Å². The zero-order chi connectivity index (χ0) is 14.0. The van der Waals surface area contributed by atoms with Crippen LogP contribution in [0.4, 0.5) is 5.69 Å². The van der Waals surface area contributed by atoms with E-state index in [9.17, 15) is 14.9 Å². The molecule has 1 saturated carbocycles. The second-order valence-corrected chi connectivity index (χ2v) is 6.10. The Morgan fingerprint density at radius 3 is 2.74 bits per heavy atom. The van der Waals surface area contributed by atoms with E-state index in [2.05, 4.69) is 0 Å². The second-order valence-electron chi connectivity index (χ2n) is 4.70. The lowest BCUT2D eigenvalue weighted by Crippen LogP contribution is -2.11. The number of hydrogen-bond donors (Lipinski definition) is 1. The number of thioether (sulfide) groups is 1. The molecule has 0 spiro atoms. The Bertz CT molecular complexity index is 530. The fourth-order valence-electron chi connectivity index (χ4n) is 1.88. The maximum Gasteiger partial charge on any atom is 0.303 e. The van der Waals surface area contributed by atoms with Crippen LogP contribution in [-0.2, 0) is 4.79 Å². The molecule has 0 aromatic heterocycles. The summed E-state index contributed by atoms with van der Waals surface area (Å²) < 4.78 is 0. The van der Waals surface area contributed by atoms with Crippen molar-refractivity contribution < 1.29 is 14.8 Å². The predicted molar refractivity (Wildman–Crippen MR) is 72.8 cm³/mol. The van der Waals surface area contributed by atoms with Crippen LogP contribution in [-0.4, -0.2) is 21.8 Å². The number of halogens is 1. The average Bonchev–Trinajstić information content (AvgIpc) is 3.06. The van der Waals surface area contributed by atoms with Crippen molar-refractivity contribution in [2.75, 3.05) is 5.75 Å². The highest BCUT2D eigenvalue weighted by molar-refractivity contribution is 7.99. The van der Waals surface area contributed by atoms with Gasteiger partial charge in [-0.2, -0.15) is 0 Å². The van der Waals surface area contributed by atoms with Gasteiger partial charge in [-0.15, -0.1) is 11.8 Å². The Labute approximate surface area is 119 Å². The van der Waals surface area contributed by atoms with E-state index >= 15 is 0 Å². The number of nitrogens with zero attached hydrogens (tertiary/aromatic N) is 1. The Morgan fingerprint density at radius 1 is 1.53 bits per heavy atom. The predicted octanol–water partition coefficient (Wildman–Crippen LogP) is 3.60. The number of hydrogen-bond acceptors (Lipinski definition) is 4. The molecular weight excluding hydrogens is 290 g/mol. The highest BCUT2D eigenvalue weighted by Crippen LogP contribution is 2.53. The van der Waals surface area contributed by atoms with Crippen LogP contribution in [0.2, 0.25) is 5.02 Å². The summed E-state index contributed by atoms with van der Waals surface area (Å²) in [6.07, 6.45) is 1.81. The van der Waals surface area contributed by atoms with Crippen molar-refractivity contribution in [1.82, 2.24) is 0 Å². The van der Waals surface area contributed by atoms with Crippen LogP contribution in [0.1, 0.15) is 19.3 Å². The maximum absolute atomic E-state index is 10.9. The van der Waals surface area contributed by atoms with Gasteiger partial charge < -0.3 is 5.11 Å². The number of carboxylic acid groups (broad SMARTS) is 1.